The standard InChI is InChI=1S/C17H23N3O/c1-5-12-6-7-15(14(8-12)17(2,3)4)21-16-19-10-13(9-18)11-20-16/h6-8,10-11H,5,9,18H2,1-4H3. The van der Waals surface area contributed by atoms with E-state index >= 15 is 0 Å². The van der Waals surface area contributed by atoms with Crippen LogP contribution in [0.4, 0.5) is 0 Å². The van der Waals surface area contributed by atoms with E-state index in [0.717, 1.165) is 23.3 Å². The second kappa shape index (κ2) is 6.22. The van der Waals surface area contributed by atoms with Gasteiger partial charge in [-0.25, -0.2) is 9.97 Å². The number of aryl methyl sites for hydroxylation is 1. The van der Waals surface area contributed by atoms with Crippen LogP contribution in [-0.4, -0.2) is 9.97 Å². The first kappa shape index (κ1) is 15.4. The topological polar surface area (TPSA) is 61.0 Å². The van der Waals surface area contributed by atoms with Gasteiger partial charge in [0, 0.05) is 30.1 Å². The number of benzene rings is 1. The molecule has 0 aliphatic heterocycles. The van der Waals surface area contributed by atoms with E-state index in [4.69, 9.17) is 10.5 Å². The van der Waals surface area contributed by atoms with Crippen LogP contribution in [0.3, 0.4) is 0 Å². The molecule has 2 aromatic rings. The van der Waals surface area contributed by atoms with E-state index in [0.29, 0.717) is 12.6 Å². The first-order valence-corrected chi connectivity index (χ1v) is 7.26. The SMILES string of the molecule is CCc1ccc(Oc2ncc(CN)cn2)c(C(C)(C)C)c1. The van der Waals surface area contributed by atoms with Gasteiger partial charge in [0.2, 0.25) is 0 Å². The maximum atomic E-state index is 5.87. The Bertz CT molecular complexity index is 600. The molecule has 0 radical (unpaired) electrons. The lowest BCUT2D eigenvalue weighted by Gasteiger charge is -2.23. The largest absolute Gasteiger partial charge is 0.424 e. The highest BCUT2D eigenvalue weighted by Crippen LogP contribution is 2.34. The third kappa shape index (κ3) is 3.79. The van der Waals surface area contributed by atoms with Gasteiger partial charge >= 0.3 is 6.01 Å². The van der Waals surface area contributed by atoms with Gasteiger partial charge in [0.1, 0.15) is 5.75 Å². The predicted octanol–water partition coefficient (Wildman–Crippen LogP) is 3.59. The van der Waals surface area contributed by atoms with Crippen LogP contribution in [0.25, 0.3) is 0 Å². The van der Waals surface area contributed by atoms with Gasteiger partial charge in [-0.05, 0) is 23.5 Å². The summed E-state index contributed by atoms with van der Waals surface area (Å²) < 4.78 is 5.87. The molecular weight excluding hydrogens is 262 g/mol. The number of nitrogens with two attached hydrogens (primary N) is 1. The summed E-state index contributed by atoms with van der Waals surface area (Å²) in [4.78, 5) is 8.39. The van der Waals surface area contributed by atoms with Gasteiger partial charge in [0.25, 0.3) is 0 Å². The van der Waals surface area contributed by atoms with E-state index in [1.165, 1.54) is 5.56 Å². The molecule has 4 heteroatoms. The van der Waals surface area contributed by atoms with Crippen molar-refractivity contribution >= 4 is 0 Å². The zero-order valence-electron chi connectivity index (χ0n) is 13.2. The van der Waals surface area contributed by atoms with Crippen LogP contribution in [0.5, 0.6) is 11.8 Å². The maximum Gasteiger partial charge on any atom is 0.321 e. The Labute approximate surface area is 126 Å². The van der Waals surface area contributed by atoms with Gasteiger partial charge < -0.3 is 10.5 Å². The molecular formula is C17H23N3O. The van der Waals surface area contributed by atoms with Crippen LogP contribution in [0.2, 0.25) is 0 Å². The molecule has 0 amide bonds. The minimum atomic E-state index is -0.00227. The Morgan fingerprint density at radius 3 is 2.29 bits per heavy atom. The van der Waals surface area contributed by atoms with Crippen molar-refractivity contribution in [2.24, 2.45) is 5.73 Å². The quantitative estimate of drug-likeness (QED) is 0.932. The second-order valence-electron chi connectivity index (χ2n) is 6.11. The van der Waals surface area contributed by atoms with Crippen LogP contribution in [0.1, 0.15) is 44.4 Å². The molecule has 0 bridgehead atoms. The highest BCUT2D eigenvalue weighted by atomic mass is 16.5. The van der Waals surface area contributed by atoms with E-state index in [1.54, 1.807) is 12.4 Å². The number of hydrogen-bond acceptors (Lipinski definition) is 4. The smallest absolute Gasteiger partial charge is 0.321 e. The van der Waals surface area contributed by atoms with Gasteiger partial charge in [-0.1, -0.05) is 39.8 Å². The fraction of sp³-hybridized carbons (Fsp3) is 0.412. The second-order valence-corrected chi connectivity index (χ2v) is 6.11. The van der Waals surface area contributed by atoms with Crippen molar-refractivity contribution in [1.29, 1.82) is 0 Å². The lowest BCUT2D eigenvalue weighted by Crippen LogP contribution is -2.13. The third-order valence-corrected chi connectivity index (χ3v) is 3.38. The van der Waals surface area contributed by atoms with E-state index in [9.17, 15) is 0 Å². The summed E-state index contributed by atoms with van der Waals surface area (Å²) in [5, 5.41) is 0. The minimum absolute atomic E-state index is 0.00227. The lowest BCUT2D eigenvalue weighted by atomic mass is 9.85. The van der Waals surface area contributed by atoms with Gasteiger partial charge in [0.05, 0.1) is 0 Å². The van der Waals surface area contributed by atoms with Crippen molar-refractivity contribution in [2.75, 3.05) is 0 Å². The minimum Gasteiger partial charge on any atom is -0.424 e. The molecule has 2 N–H and O–H groups in total. The zero-order chi connectivity index (χ0) is 15.5. The van der Waals surface area contributed by atoms with Gasteiger partial charge in [-0.3, -0.25) is 0 Å². The molecule has 1 heterocycles. The van der Waals surface area contributed by atoms with Crippen LogP contribution < -0.4 is 10.5 Å². The first-order chi connectivity index (χ1) is 9.94. The van der Waals surface area contributed by atoms with Gasteiger partial charge in [-0.2, -0.15) is 0 Å². The molecule has 1 aromatic heterocycles. The highest BCUT2D eigenvalue weighted by Gasteiger charge is 2.20. The summed E-state index contributed by atoms with van der Waals surface area (Å²) in [7, 11) is 0. The van der Waals surface area contributed by atoms with Crippen molar-refractivity contribution in [2.45, 2.75) is 46.1 Å². The first-order valence-electron chi connectivity index (χ1n) is 7.26. The Morgan fingerprint density at radius 2 is 1.76 bits per heavy atom. The van der Waals surface area contributed by atoms with E-state index in [1.807, 2.05) is 6.07 Å². The molecule has 0 spiro atoms. The molecule has 21 heavy (non-hydrogen) atoms. The molecule has 0 unspecified atom stereocenters. The molecule has 0 fully saturated rings. The molecule has 0 saturated heterocycles. The van der Waals surface area contributed by atoms with Gasteiger partial charge in [0.15, 0.2) is 0 Å². The van der Waals surface area contributed by atoms with Crippen molar-refractivity contribution in [1.82, 2.24) is 9.97 Å². The predicted molar refractivity (Wildman–Crippen MR) is 84.5 cm³/mol. The zero-order valence-corrected chi connectivity index (χ0v) is 13.2. The van der Waals surface area contributed by atoms with Gasteiger partial charge in [-0.15, -0.1) is 0 Å². The van der Waals surface area contributed by atoms with Crippen molar-refractivity contribution in [3.63, 3.8) is 0 Å². The van der Waals surface area contributed by atoms with Crippen molar-refractivity contribution in [3.05, 3.63) is 47.3 Å². The summed E-state index contributed by atoms with van der Waals surface area (Å²) in [5.41, 5.74) is 8.89. The fourth-order valence-corrected chi connectivity index (χ4v) is 2.07. The normalized spacial score (nSPS) is 11.5. The highest BCUT2D eigenvalue weighted by molar-refractivity contribution is 5.42. The Balaban J connectivity index is 2.34. The van der Waals surface area contributed by atoms with Crippen LogP contribution in [0, 0.1) is 0 Å². The molecule has 0 saturated carbocycles. The average Bonchev–Trinajstić information content (AvgIpc) is 2.47. The monoisotopic (exact) mass is 285 g/mol. The number of aromatic nitrogens is 2. The van der Waals surface area contributed by atoms with E-state index in [-0.39, 0.29) is 5.41 Å². The molecule has 2 rings (SSSR count). The van der Waals surface area contributed by atoms with Crippen molar-refractivity contribution in [3.8, 4) is 11.8 Å². The summed E-state index contributed by atoms with van der Waals surface area (Å²) >= 11 is 0. The summed E-state index contributed by atoms with van der Waals surface area (Å²) in [6, 6.07) is 6.63. The Kier molecular flexibility index (Phi) is 4.58. The number of ether oxygens (including phenoxy) is 1. The molecule has 0 aliphatic rings. The average molecular weight is 285 g/mol. The van der Waals surface area contributed by atoms with E-state index < -0.39 is 0 Å². The maximum absolute atomic E-state index is 5.87. The Hall–Kier alpha value is -1.94. The van der Waals surface area contributed by atoms with E-state index in [2.05, 4.69) is 49.8 Å². The van der Waals surface area contributed by atoms with Crippen molar-refractivity contribution < 1.29 is 4.74 Å². The third-order valence-electron chi connectivity index (χ3n) is 3.38. The number of hydrogen-bond donors (Lipinski definition) is 1. The Morgan fingerprint density at radius 1 is 1.10 bits per heavy atom. The molecule has 1 aromatic carbocycles. The lowest BCUT2D eigenvalue weighted by molar-refractivity contribution is 0.421. The van der Waals surface area contributed by atoms with Crippen LogP contribution in [0.15, 0.2) is 30.6 Å². The van der Waals surface area contributed by atoms with Crippen LogP contribution >= 0.6 is 0 Å². The fourth-order valence-electron chi connectivity index (χ4n) is 2.07. The molecule has 0 aliphatic carbocycles. The van der Waals surface area contributed by atoms with Crippen LogP contribution in [-0.2, 0) is 18.4 Å². The molecule has 4 nitrogen and oxygen atoms in total. The summed E-state index contributed by atoms with van der Waals surface area (Å²) in [5.74, 6) is 0.806. The molecule has 0 atom stereocenters. The molecule has 112 valence electrons. The number of nitrogens with zero attached hydrogens (tertiary/aromatic N) is 2. The summed E-state index contributed by atoms with van der Waals surface area (Å²) in [6.45, 7) is 9.10. The summed E-state index contributed by atoms with van der Waals surface area (Å²) in [6.07, 6.45) is 4.39. The number of rotatable bonds is 4.